The van der Waals surface area contributed by atoms with Crippen molar-refractivity contribution in [2.24, 2.45) is 5.73 Å². The first kappa shape index (κ1) is 16.7. The molecule has 0 rings (SSSR count). The van der Waals surface area contributed by atoms with Crippen LogP contribution in [0.2, 0.25) is 0 Å². The van der Waals surface area contributed by atoms with E-state index < -0.39 is 0 Å². The van der Waals surface area contributed by atoms with Gasteiger partial charge in [-0.2, -0.15) is 0 Å². The van der Waals surface area contributed by atoms with Crippen LogP contribution in [0.25, 0.3) is 0 Å². The largest absolute Gasteiger partial charge is 0.393 e. The van der Waals surface area contributed by atoms with Crippen molar-refractivity contribution in [2.45, 2.75) is 6.42 Å². The Balaban J connectivity index is 3.13. The molecule has 0 aromatic rings. The zero-order valence-electron chi connectivity index (χ0n) is 10.8. The molecule has 0 saturated carbocycles. The van der Waals surface area contributed by atoms with Gasteiger partial charge < -0.3 is 24.8 Å². The van der Waals surface area contributed by atoms with E-state index in [0.29, 0.717) is 38.0 Å². The van der Waals surface area contributed by atoms with Crippen LogP contribution >= 0.6 is 12.2 Å². The van der Waals surface area contributed by atoms with Crippen molar-refractivity contribution in [1.29, 1.82) is 0 Å². The molecular weight excluding hydrogens is 240 g/mol. The summed E-state index contributed by atoms with van der Waals surface area (Å²) in [6, 6.07) is 0. The molecule has 0 radical (unpaired) electrons. The minimum Gasteiger partial charge on any atom is -0.393 e. The Hall–Kier alpha value is -0.270. The van der Waals surface area contributed by atoms with E-state index in [0.717, 1.165) is 19.5 Å². The second-order valence-corrected chi connectivity index (χ2v) is 4.26. The van der Waals surface area contributed by atoms with Crippen molar-refractivity contribution in [3.63, 3.8) is 0 Å². The van der Waals surface area contributed by atoms with Crippen molar-refractivity contribution in [2.75, 3.05) is 60.3 Å². The van der Waals surface area contributed by atoms with E-state index in [4.69, 9.17) is 32.2 Å². The second-order valence-electron chi connectivity index (χ2n) is 3.74. The standard InChI is InChI=1S/C11H24N2O3S/c1-13(4-3-11(12)17)5-6-15-9-10-16-8-7-14-2/h3-10H2,1-2H3,(H2,12,17). The van der Waals surface area contributed by atoms with Gasteiger partial charge in [0.15, 0.2) is 0 Å². The van der Waals surface area contributed by atoms with Crippen molar-refractivity contribution in [1.82, 2.24) is 4.90 Å². The van der Waals surface area contributed by atoms with E-state index >= 15 is 0 Å². The zero-order valence-corrected chi connectivity index (χ0v) is 11.6. The highest BCUT2D eigenvalue weighted by Gasteiger charge is 1.99. The van der Waals surface area contributed by atoms with Gasteiger partial charge in [0.2, 0.25) is 0 Å². The quantitative estimate of drug-likeness (QED) is 0.403. The Kier molecular flexibility index (Phi) is 12.0. The van der Waals surface area contributed by atoms with Gasteiger partial charge in [-0.1, -0.05) is 12.2 Å². The van der Waals surface area contributed by atoms with Gasteiger partial charge >= 0.3 is 0 Å². The predicted octanol–water partition coefficient (Wildman–Crippen LogP) is 0.274. The second kappa shape index (κ2) is 12.2. The van der Waals surface area contributed by atoms with Crippen molar-refractivity contribution >= 4 is 17.2 Å². The molecule has 5 nitrogen and oxygen atoms in total. The van der Waals surface area contributed by atoms with Gasteiger partial charge in [-0.25, -0.2) is 0 Å². The molecule has 0 saturated heterocycles. The van der Waals surface area contributed by atoms with Crippen LogP contribution in [-0.2, 0) is 14.2 Å². The highest BCUT2D eigenvalue weighted by molar-refractivity contribution is 7.80. The van der Waals surface area contributed by atoms with E-state index in [-0.39, 0.29) is 0 Å². The molecule has 0 unspecified atom stereocenters. The molecule has 6 heteroatoms. The summed E-state index contributed by atoms with van der Waals surface area (Å²) in [5, 5.41) is 0. The summed E-state index contributed by atoms with van der Waals surface area (Å²) in [6.07, 6.45) is 0.756. The summed E-state index contributed by atoms with van der Waals surface area (Å²) in [5.41, 5.74) is 5.42. The number of thiocarbonyl (C=S) groups is 1. The highest BCUT2D eigenvalue weighted by atomic mass is 32.1. The van der Waals surface area contributed by atoms with Gasteiger partial charge in [0.25, 0.3) is 0 Å². The number of hydrogen-bond acceptors (Lipinski definition) is 5. The average molecular weight is 264 g/mol. The van der Waals surface area contributed by atoms with E-state index in [2.05, 4.69) is 4.90 Å². The molecule has 0 aromatic heterocycles. The molecule has 0 aromatic carbocycles. The SMILES string of the molecule is COCCOCCOCCN(C)CCC(N)=S. The molecule has 102 valence electrons. The molecule has 17 heavy (non-hydrogen) atoms. The molecule has 0 fully saturated rings. The molecule has 0 aliphatic rings. The Morgan fingerprint density at radius 3 is 2.24 bits per heavy atom. The molecular formula is C11H24N2O3S. The number of likely N-dealkylation sites (N-methyl/N-ethyl adjacent to an activating group) is 1. The molecule has 2 N–H and O–H groups in total. The predicted molar refractivity (Wildman–Crippen MR) is 72.4 cm³/mol. The maximum Gasteiger partial charge on any atom is 0.0740 e. The lowest BCUT2D eigenvalue weighted by Crippen LogP contribution is -2.27. The van der Waals surface area contributed by atoms with Gasteiger partial charge in [0.05, 0.1) is 38.0 Å². The molecule has 0 amide bonds. The fourth-order valence-corrected chi connectivity index (χ4v) is 1.19. The summed E-state index contributed by atoms with van der Waals surface area (Å²) in [4.78, 5) is 2.70. The van der Waals surface area contributed by atoms with Crippen LogP contribution < -0.4 is 5.73 Å². The smallest absolute Gasteiger partial charge is 0.0740 e. The third-order valence-electron chi connectivity index (χ3n) is 2.16. The summed E-state index contributed by atoms with van der Waals surface area (Å²) < 4.78 is 15.5. The first-order chi connectivity index (χ1) is 8.16. The number of nitrogens with two attached hydrogens (primary N) is 1. The molecule has 0 spiro atoms. The number of hydrogen-bond donors (Lipinski definition) is 1. The van der Waals surface area contributed by atoms with Crippen LogP contribution in [0.5, 0.6) is 0 Å². The van der Waals surface area contributed by atoms with Crippen molar-refractivity contribution < 1.29 is 14.2 Å². The lowest BCUT2D eigenvalue weighted by atomic mass is 10.4. The maximum atomic E-state index is 5.42. The summed E-state index contributed by atoms with van der Waals surface area (Å²) in [6.45, 7) is 4.92. The topological polar surface area (TPSA) is 57.0 Å². The Bertz CT molecular complexity index is 194. The van der Waals surface area contributed by atoms with Crippen LogP contribution in [0.1, 0.15) is 6.42 Å². The lowest BCUT2D eigenvalue weighted by Gasteiger charge is -2.15. The fourth-order valence-electron chi connectivity index (χ4n) is 1.10. The van der Waals surface area contributed by atoms with E-state index in [1.807, 2.05) is 7.05 Å². The Morgan fingerprint density at radius 2 is 1.65 bits per heavy atom. The van der Waals surface area contributed by atoms with Crippen LogP contribution in [0.15, 0.2) is 0 Å². The first-order valence-corrected chi connectivity index (χ1v) is 6.19. The highest BCUT2D eigenvalue weighted by Crippen LogP contribution is 1.88. The van der Waals surface area contributed by atoms with Crippen molar-refractivity contribution in [3.8, 4) is 0 Å². The third kappa shape index (κ3) is 13.7. The number of methoxy groups -OCH3 is 1. The maximum absolute atomic E-state index is 5.42. The first-order valence-electron chi connectivity index (χ1n) is 5.78. The van der Waals surface area contributed by atoms with Gasteiger partial charge in [-0.05, 0) is 7.05 Å². The Morgan fingerprint density at radius 1 is 1.06 bits per heavy atom. The van der Waals surface area contributed by atoms with Crippen LogP contribution in [0.3, 0.4) is 0 Å². The van der Waals surface area contributed by atoms with Gasteiger partial charge in [-0.3, -0.25) is 0 Å². The van der Waals surface area contributed by atoms with Crippen LogP contribution in [-0.4, -0.2) is 70.2 Å². The molecule has 0 aliphatic carbocycles. The molecule has 0 atom stereocenters. The monoisotopic (exact) mass is 264 g/mol. The van der Waals surface area contributed by atoms with Crippen LogP contribution in [0.4, 0.5) is 0 Å². The fraction of sp³-hybridized carbons (Fsp3) is 0.909. The van der Waals surface area contributed by atoms with Gasteiger partial charge in [-0.15, -0.1) is 0 Å². The molecule has 0 bridgehead atoms. The normalized spacial score (nSPS) is 11.0. The number of ether oxygens (including phenoxy) is 3. The van der Waals surface area contributed by atoms with Gasteiger partial charge in [0.1, 0.15) is 0 Å². The Labute approximate surface area is 109 Å². The van der Waals surface area contributed by atoms with E-state index in [9.17, 15) is 0 Å². The minimum absolute atomic E-state index is 0.560. The molecule has 0 aliphatic heterocycles. The van der Waals surface area contributed by atoms with E-state index in [1.54, 1.807) is 7.11 Å². The third-order valence-corrected chi connectivity index (χ3v) is 2.37. The summed E-state index contributed by atoms with van der Waals surface area (Å²) in [5.74, 6) is 0. The van der Waals surface area contributed by atoms with E-state index in [1.165, 1.54) is 0 Å². The number of nitrogens with zero attached hydrogens (tertiary/aromatic N) is 1. The summed E-state index contributed by atoms with van der Waals surface area (Å²) >= 11 is 4.81. The lowest BCUT2D eigenvalue weighted by molar-refractivity contribution is 0.0210. The van der Waals surface area contributed by atoms with Crippen LogP contribution in [0, 0.1) is 0 Å². The van der Waals surface area contributed by atoms with Crippen molar-refractivity contribution in [3.05, 3.63) is 0 Å². The minimum atomic E-state index is 0.560. The molecule has 0 heterocycles. The van der Waals surface area contributed by atoms with Gasteiger partial charge in [0, 0.05) is 26.6 Å². The zero-order chi connectivity index (χ0) is 12.9. The average Bonchev–Trinajstić information content (AvgIpc) is 2.30. The number of rotatable bonds is 12. The summed E-state index contributed by atoms with van der Waals surface area (Å²) in [7, 11) is 3.68.